The van der Waals surface area contributed by atoms with Crippen LogP contribution >= 0.6 is 0 Å². The highest BCUT2D eigenvalue weighted by Gasteiger charge is 2.21. The van der Waals surface area contributed by atoms with Gasteiger partial charge in [0, 0.05) is 26.2 Å². The zero-order valence-electron chi connectivity index (χ0n) is 18.0. The molecule has 2 rings (SSSR count). The van der Waals surface area contributed by atoms with Crippen molar-refractivity contribution in [3.63, 3.8) is 0 Å². The van der Waals surface area contributed by atoms with Crippen LogP contribution in [0.2, 0.25) is 0 Å². The van der Waals surface area contributed by atoms with E-state index >= 15 is 0 Å². The molecular formula is C23H38N2O3. The van der Waals surface area contributed by atoms with Crippen molar-refractivity contribution in [3.05, 3.63) is 29.8 Å². The number of amides is 1. The van der Waals surface area contributed by atoms with Crippen molar-refractivity contribution in [1.82, 2.24) is 9.80 Å². The van der Waals surface area contributed by atoms with Gasteiger partial charge in [0.25, 0.3) is 0 Å². The normalized spacial score (nSPS) is 16.0. The smallest absolute Gasteiger partial charge is 0.409 e. The number of hydrogen-bond acceptors (Lipinski definition) is 4. The summed E-state index contributed by atoms with van der Waals surface area (Å²) in [5.74, 6) is 1.60. The third-order valence-corrected chi connectivity index (χ3v) is 5.46. The predicted molar refractivity (Wildman–Crippen MR) is 114 cm³/mol. The second-order valence-electron chi connectivity index (χ2n) is 7.70. The van der Waals surface area contributed by atoms with Crippen LogP contribution in [0.4, 0.5) is 4.79 Å². The summed E-state index contributed by atoms with van der Waals surface area (Å²) in [6.07, 6.45) is 5.71. The van der Waals surface area contributed by atoms with Gasteiger partial charge in [-0.1, -0.05) is 32.4 Å². The number of ether oxygens (including phenoxy) is 2. The molecule has 1 heterocycles. The molecule has 1 aromatic rings. The second kappa shape index (κ2) is 12.7. The summed E-state index contributed by atoms with van der Waals surface area (Å²) >= 11 is 0. The molecule has 1 aromatic carbocycles. The molecular weight excluding hydrogens is 352 g/mol. The van der Waals surface area contributed by atoms with E-state index in [0.29, 0.717) is 12.5 Å². The van der Waals surface area contributed by atoms with Crippen molar-refractivity contribution in [1.29, 1.82) is 0 Å². The topological polar surface area (TPSA) is 42.0 Å². The van der Waals surface area contributed by atoms with Gasteiger partial charge in [-0.2, -0.15) is 0 Å². The highest BCUT2D eigenvalue weighted by molar-refractivity contribution is 5.67. The van der Waals surface area contributed by atoms with E-state index in [1.807, 2.05) is 11.8 Å². The van der Waals surface area contributed by atoms with E-state index < -0.39 is 0 Å². The average Bonchev–Trinajstić information content (AvgIpc) is 2.72. The summed E-state index contributed by atoms with van der Waals surface area (Å²) in [7, 11) is 0. The van der Waals surface area contributed by atoms with E-state index in [1.165, 1.54) is 31.2 Å². The van der Waals surface area contributed by atoms with Gasteiger partial charge in [0.1, 0.15) is 5.75 Å². The summed E-state index contributed by atoms with van der Waals surface area (Å²) < 4.78 is 10.9. The summed E-state index contributed by atoms with van der Waals surface area (Å²) in [6.45, 7) is 12.1. The van der Waals surface area contributed by atoms with E-state index in [1.54, 1.807) is 0 Å². The average molecular weight is 391 g/mol. The lowest BCUT2D eigenvalue weighted by molar-refractivity contribution is 0.0791. The fourth-order valence-electron chi connectivity index (χ4n) is 3.67. The molecule has 1 saturated heterocycles. The third kappa shape index (κ3) is 7.70. The summed E-state index contributed by atoms with van der Waals surface area (Å²) in [4.78, 5) is 16.0. The van der Waals surface area contributed by atoms with Crippen molar-refractivity contribution in [3.8, 4) is 5.75 Å². The number of hydrogen-bond donors (Lipinski definition) is 0. The number of carbonyl (C=O) groups is 1. The lowest BCUT2D eigenvalue weighted by Crippen LogP contribution is -2.49. The Balaban J connectivity index is 1.52. The minimum absolute atomic E-state index is 0.174. The molecule has 5 nitrogen and oxygen atoms in total. The van der Waals surface area contributed by atoms with Crippen molar-refractivity contribution in [2.45, 2.75) is 58.8 Å². The van der Waals surface area contributed by atoms with Gasteiger partial charge in [-0.05, 0) is 62.8 Å². The van der Waals surface area contributed by atoms with Crippen LogP contribution in [0.25, 0.3) is 0 Å². The molecule has 1 atom stereocenters. The Bertz CT molecular complexity index is 553. The van der Waals surface area contributed by atoms with Gasteiger partial charge >= 0.3 is 6.09 Å². The number of benzene rings is 1. The molecule has 1 fully saturated rings. The number of unbranched alkanes of at least 4 members (excludes halogenated alkanes) is 2. The van der Waals surface area contributed by atoms with Crippen LogP contribution in [-0.2, 0) is 4.74 Å². The Morgan fingerprint density at radius 2 is 1.75 bits per heavy atom. The summed E-state index contributed by atoms with van der Waals surface area (Å²) in [6, 6.07) is 8.60. The highest BCUT2D eigenvalue weighted by atomic mass is 16.6. The highest BCUT2D eigenvalue weighted by Crippen LogP contribution is 2.23. The number of nitrogens with zero attached hydrogens (tertiary/aromatic N) is 2. The molecule has 0 bridgehead atoms. The van der Waals surface area contributed by atoms with Gasteiger partial charge in [0.2, 0.25) is 0 Å². The van der Waals surface area contributed by atoms with Crippen LogP contribution in [0.5, 0.6) is 5.75 Å². The first-order valence-electron chi connectivity index (χ1n) is 11.0. The number of rotatable bonds is 11. The molecule has 1 unspecified atom stereocenters. The van der Waals surface area contributed by atoms with Gasteiger partial charge in [-0.3, -0.25) is 4.90 Å². The third-order valence-electron chi connectivity index (χ3n) is 5.46. The SMILES string of the molecule is CCCC(C)c1ccc(OCCCCCN2CCN(C(=O)OCC)CC2)cc1. The van der Waals surface area contributed by atoms with Crippen molar-refractivity contribution >= 4 is 6.09 Å². The number of piperazine rings is 1. The molecule has 0 saturated carbocycles. The molecule has 1 aliphatic rings. The lowest BCUT2D eigenvalue weighted by atomic mass is 9.97. The quantitative estimate of drug-likeness (QED) is 0.503. The zero-order valence-corrected chi connectivity index (χ0v) is 18.0. The predicted octanol–water partition coefficient (Wildman–Crippen LogP) is 4.91. The molecule has 158 valence electrons. The van der Waals surface area contributed by atoms with Crippen molar-refractivity contribution in [2.75, 3.05) is 45.9 Å². The molecule has 1 aliphatic heterocycles. The maximum Gasteiger partial charge on any atom is 0.409 e. The summed E-state index contributed by atoms with van der Waals surface area (Å²) in [5.41, 5.74) is 1.40. The van der Waals surface area contributed by atoms with E-state index in [0.717, 1.165) is 51.5 Å². The minimum Gasteiger partial charge on any atom is -0.494 e. The fourth-order valence-corrected chi connectivity index (χ4v) is 3.67. The summed E-state index contributed by atoms with van der Waals surface area (Å²) in [5, 5.41) is 0. The van der Waals surface area contributed by atoms with E-state index in [4.69, 9.17) is 9.47 Å². The molecule has 5 heteroatoms. The van der Waals surface area contributed by atoms with Crippen LogP contribution in [0.1, 0.15) is 64.4 Å². The Kier molecular flexibility index (Phi) is 10.2. The molecule has 0 aliphatic carbocycles. The molecule has 0 N–H and O–H groups in total. The van der Waals surface area contributed by atoms with Crippen molar-refractivity contribution in [2.24, 2.45) is 0 Å². The van der Waals surface area contributed by atoms with E-state index in [9.17, 15) is 4.79 Å². The maximum absolute atomic E-state index is 11.7. The minimum atomic E-state index is -0.174. The van der Waals surface area contributed by atoms with Gasteiger partial charge < -0.3 is 14.4 Å². The van der Waals surface area contributed by atoms with Crippen LogP contribution in [0.3, 0.4) is 0 Å². The molecule has 0 aromatic heterocycles. The Morgan fingerprint density at radius 1 is 1.04 bits per heavy atom. The Labute approximate surface area is 171 Å². The molecule has 0 spiro atoms. The lowest BCUT2D eigenvalue weighted by Gasteiger charge is -2.34. The molecule has 28 heavy (non-hydrogen) atoms. The van der Waals surface area contributed by atoms with Gasteiger partial charge in [-0.25, -0.2) is 4.79 Å². The maximum atomic E-state index is 11.7. The van der Waals surface area contributed by atoms with Crippen molar-refractivity contribution < 1.29 is 14.3 Å². The van der Waals surface area contributed by atoms with Crippen LogP contribution in [0.15, 0.2) is 24.3 Å². The first-order valence-corrected chi connectivity index (χ1v) is 11.0. The second-order valence-corrected chi connectivity index (χ2v) is 7.70. The Hall–Kier alpha value is -1.75. The van der Waals surface area contributed by atoms with Gasteiger partial charge in [-0.15, -0.1) is 0 Å². The first-order chi connectivity index (χ1) is 13.6. The van der Waals surface area contributed by atoms with Crippen LogP contribution in [-0.4, -0.2) is 61.8 Å². The molecule has 0 radical (unpaired) electrons. The standard InChI is InChI=1S/C23H38N2O3/c1-4-9-20(3)21-10-12-22(13-11-21)28-19-8-6-7-14-24-15-17-25(18-16-24)23(26)27-5-2/h10-13,20H,4-9,14-19H2,1-3H3. The largest absolute Gasteiger partial charge is 0.494 e. The van der Waals surface area contributed by atoms with Crippen LogP contribution < -0.4 is 4.74 Å². The zero-order chi connectivity index (χ0) is 20.2. The fraction of sp³-hybridized carbons (Fsp3) is 0.696. The van der Waals surface area contributed by atoms with Gasteiger partial charge in [0.05, 0.1) is 13.2 Å². The first kappa shape index (κ1) is 22.5. The van der Waals surface area contributed by atoms with E-state index in [-0.39, 0.29) is 6.09 Å². The van der Waals surface area contributed by atoms with E-state index in [2.05, 4.69) is 43.0 Å². The molecule has 1 amide bonds. The van der Waals surface area contributed by atoms with Crippen LogP contribution in [0, 0.1) is 0 Å². The number of carbonyl (C=O) groups excluding carboxylic acids is 1. The Morgan fingerprint density at radius 3 is 2.39 bits per heavy atom. The van der Waals surface area contributed by atoms with Gasteiger partial charge in [0.15, 0.2) is 0 Å². The monoisotopic (exact) mass is 390 g/mol.